The average molecular weight is 175 g/mol. The third-order valence-corrected chi connectivity index (χ3v) is 1.86. The molecule has 0 N–H and O–H groups in total. The maximum absolute atomic E-state index is 8.40. The van der Waals surface area contributed by atoms with Gasteiger partial charge >= 0.3 is 0 Å². The first-order valence-electron chi connectivity index (χ1n) is 4.30. The second-order valence-electron chi connectivity index (χ2n) is 2.91. The van der Waals surface area contributed by atoms with Crippen LogP contribution < -0.4 is 0 Å². The van der Waals surface area contributed by atoms with Crippen LogP contribution in [0.5, 0.6) is 0 Å². The van der Waals surface area contributed by atoms with E-state index in [1.165, 1.54) is 11.1 Å². The molecule has 1 rings (SSSR count). The molecule has 0 amide bonds. The zero-order valence-electron chi connectivity index (χ0n) is 7.79. The predicted molar refractivity (Wildman–Crippen MR) is 51.1 cm³/mol. The molecule has 0 bridgehead atoms. The number of benzene rings is 1. The Morgan fingerprint density at radius 3 is 2.38 bits per heavy atom. The van der Waals surface area contributed by atoms with Gasteiger partial charge in [-0.1, -0.05) is 24.3 Å². The van der Waals surface area contributed by atoms with Gasteiger partial charge in [0.25, 0.3) is 0 Å². The lowest BCUT2D eigenvalue weighted by atomic mass is 10.1. The van der Waals surface area contributed by atoms with Gasteiger partial charge in [-0.2, -0.15) is 5.26 Å². The Labute approximate surface area is 78.8 Å². The van der Waals surface area contributed by atoms with Crippen molar-refractivity contribution in [3.63, 3.8) is 0 Å². The van der Waals surface area contributed by atoms with Crippen molar-refractivity contribution in [2.75, 3.05) is 7.11 Å². The van der Waals surface area contributed by atoms with Crippen molar-refractivity contribution in [3.05, 3.63) is 35.4 Å². The summed E-state index contributed by atoms with van der Waals surface area (Å²) < 4.78 is 5.00. The smallest absolute Gasteiger partial charge is 0.0713 e. The summed E-state index contributed by atoms with van der Waals surface area (Å²) in [5.41, 5.74) is 2.38. The Morgan fingerprint density at radius 2 is 1.85 bits per heavy atom. The highest BCUT2D eigenvalue weighted by Crippen LogP contribution is 2.07. The van der Waals surface area contributed by atoms with E-state index in [9.17, 15) is 0 Å². The fourth-order valence-corrected chi connectivity index (χ4v) is 1.17. The van der Waals surface area contributed by atoms with Crippen molar-refractivity contribution in [1.29, 1.82) is 5.26 Å². The van der Waals surface area contributed by atoms with Gasteiger partial charge in [0, 0.05) is 13.5 Å². The van der Waals surface area contributed by atoms with Crippen molar-refractivity contribution in [2.45, 2.75) is 19.4 Å². The van der Waals surface area contributed by atoms with E-state index in [4.69, 9.17) is 10.00 Å². The summed E-state index contributed by atoms with van der Waals surface area (Å²) in [6, 6.07) is 10.3. The summed E-state index contributed by atoms with van der Waals surface area (Å²) in [7, 11) is 1.68. The van der Waals surface area contributed by atoms with Crippen LogP contribution in [0.25, 0.3) is 0 Å². The maximum atomic E-state index is 8.40. The first-order chi connectivity index (χ1) is 6.36. The minimum absolute atomic E-state index is 0.587. The van der Waals surface area contributed by atoms with Crippen molar-refractivity contribution in [2.24, 2.45) is 0 Å². The Balaban J connectivity index is 2.54. The van der Waals surface area contributed by atoms with Crippen LogP contribution >= 0.6 is 0 Å². The molecule has 0 heterocycles. The molecule has 0 saturated carbocycles. The third kappa shape index (κ3) is 3.27. The van der Waals surface area contributed by atoms with E-state index in [0.717, 1.165) is 6.42 Å². The van der Waals surface area contributed by atoms with Crippen LogP contribution in [-0.4, -0.2) is 7.11 Å². The molecule has 68 valence electrons. The number of hydrogen-bond donors (Lipinski definition) is 0. The van der Waals surface area contributed by atoms with Crippen LogP contribution in [0.15, 0.2) is 24.3 Å². The zero-order chi connectivity index (χ0) is 9.52. The Hall–Kier alpha value is -1.33. The fourth-order valence-electron chi connectivity index (χ4n) is 1.17. The lowest BCUT2D eigenvalue weighted by Gasteiger charge is -2.01. The molecule has 0 unspecified atom stereocenters. The van der Waals surface area contributed by atoms with Crippen molar-refractivity contribution in [1.82, 2.24) is 0 Å². The minimum atomic E-state index is 0.587. The van der Waals surface area contributed by atoms with Crippen LogP contribution in [0.3, 0.4) is 0 Å². The van der Waals surface area contributed by atoms with Crippen molar-refractivity contribution >= 4 is 0 Å². The normalized spacial score (nSPS) is 9.54. The van der Waals surface area contributed by atoms with Crippen LogP contribution in [-0.2, 0) is 17.8 Å². The molecule has 1 aromatic carbocycles. The number of nitrogens with zero attached hydrogens (tertiary/aromatic N) is 1. The molecular weight excluding hydrogens is 162 g/mol. The number of methoxy groups -OCH3 is 1. The topological polar surface area (TPSA) is 33.0 Å². The molecule has 0 aromatic heterocycles. The monoisotopic (exact) mass is 175 g/mol. The average Bonchev–Trinajstić information content (AvgIpc) is 2.17. The molecule has 0 aliphatic rings. The molecule has 2 nitrogen and oxygen atoms in total. The molecule has 1 aromatic rings. The number of hydrogen-bond acceptors (Lipinski definition) is 2. The molecule has 0 radical (unpaired) electrons. The molecule has 0 fully saturated rings. The third-order valence-electron chi connectivity index (χ3n) is 1.86. The molecule has 0 aliphatic carbocycles. The fraction of sp³-hybridized carbons (Fsp3) is 0.364. The molecular formula is C11H13NO. The maximum Gasteiger partial charge on any atom is 0.0713 e. The van der Waals surface area contributed by atoms with Crippen LogP contribution in [0.2, 0.25) is 0 Å². The Kier molecular flexibility index (Phi) is 4.01. The SMILES string of the molecule is COCc1ccc(CCC#N)cc1. The van der Waals surface area contributed by atoms with E-state index in [1.807, 2.05) is 24.3 Å². The van der Waals surface area contributed by atoms with Crippen LogP contribution in [0, 0.1) is 11.3 Å². The van der Waals surface area contributed by atoms with Crippen LogP contribution in [0.4, 0.5) is 0 Å². The lowest BCUT2D eigenvalue weighted by Crippen LogP contribution is -1.88. The van der Waals surface area contributed by atoms with Gasteiger partial charge in [-0.25, -0.2) is 0 Å². The molecule has 13 heavy (non-hydrogen) atoms. The van der Waals surface area contributed by atoms with Gasteiger partial charge in [-0.3, -0.25) is 0 Å². The number of rotatable bonds is 4. The van der Waals surface area contributed by atoms with E-state index >= 15 is 0 Å². The van der Waals surface area contributed by atoms with Crippen molar-refractivity contribution < 1.29 is 4.74 Å². The van der Waals surface area contributed by atoms with Gasteiger partial charge in [0.05, 0.1) is 12.7 Å². The second kappa shape index (κ2) is 5.34. The summed E-state index contributed by atoms with van der Waals surface area (Å²) in [6.07, 6.45) is 1.42. The van der Waals surface area contributed by atoms with Gasteiger partial charge < -0.3 is 4.74 Å². The van der Waals surface area contributed by atoms with Gasteiger partial charge in [0.1, 0.15) is 0 Å². The molecule has 0 saturated heterocycles. The van der Waals surface area contributed by atoms with E-state index < -0.39 is 0 Å². The first kappa shape index (κ1) is 9.76. The highest BCUT2D eigenvalue weighted by Gasteiger charge is 1.93. The van der Waals surface area contributed by atoms with E-state index in [1.54, 1.807) is 7.11 Å². The van der Waals surface area contributed by atoms with E-state index in [0.29, 0.717) is 13.0 Å². The van der Waals surface area contributed by atoms with Gasteiger partial charge in [0.2, 0.25) is 0 Å². The predicted octanol–water partition coefficient (Wildman–Crippen LogP) is 2.29. The lowest BCUT2D eigenvalue weighted by molar-refractivity contribution is 0.185. The Bertz CT molecular complexity index is 284. The standard InChI is InChI=1S/C11H13NO/c1-13-9-11-6-4-10(5-7-11)3-2-8-12/h4-7H,2-3,9H2,1H3. The summed E-state index contributed by atoms with van der Waals surface area (Å²) in [5, 5.41) is 8.40. The quantitative estimate of drug-likeness (QED) is 0.703. The van der Waals surface area contributed by atoms with Gasteiger partial charge in [-0.05, 0) is 17.5 Å². The van der Waals surface area contributed by atoms with Gasteiger partial charge in [-0.15, -0.1) is 0 Å². The summed E-state index contributed by atoms with van der Waals surface area (Å²) in [6.45, 7) is 0.651. The van der Waals surface area contributed by atoms with E-state index in [-0.39, 0.29) is 0 Å². The van der Waals surface area contributed by atoms with Gasteiger partial charge in [0.15, 0.2) is 0 Å². The zero-order valence-corrected chi connectivity index (χ0v) is 7.79. The second-order valence-corrected chi connectivity index (χ2v) is 2.91. The van der Waals surface area contributed by atoms with E-state index in [2.05, 4.69) is 6.07 Å². The van der Waals surface area contributed by atoms with Crippen LogP contribution in [0.1, 0.15) is 17.5 Å². The highest BCUT2D eigenvalue weighted by molar-refractivity contribution is 5.22. The minimum Gasteiger partial charge on any atom is -0.380 e. The number of aryl methyl sites for hydroxylation is 1. The molecule has 0 aliphatic heterocycles. The largest absolute Gasteiger partial charge is 0.380 e. The summed E-state index contributed by atoms with van der Waals surface area (Å²) in [4.78, 5) is 0. The first-order valence-corrected chi connectivity index (χ1v) is 4.30. The van der Waals surface area contributed by atoms with Crippen molar-refractivity contribution in [3.8, 4) is 6.07 Å². The highest BCUT2D eigenvalue weighted by atomic mass is 16.5. The Morgan fingerprint density at radius 1 is 1.23 bits per heavy atom. The molecule has 2 heteroatoms. The molecule has 0 spiro atoms. The number of ether oxygens (including phenoxy) is 1. The molecule has 0 atom stereocenters. The number of nitriles is 1. The summed E-state index contributed by atoms with van der Waals surface area (Å²) >= 11 is 0. The summed E-state index contributed by atoms with van der Waals surface area (Å²) in [5.74, 6) is 0.